The molecule has 1 rings (SSSR count). The molecule has 2 unspecified atom stereocenters. The van der Waals surface area contributed by atoms with Crippen molar-refractivity contribution in [3.8, 4) is 5.75 Å². The highest BCUT2D eigenvalue weighted by molar-refractivity contribution is 5.80. The molecule has 0 bridgehead atoms. The molecule has 0 heterocycles. The number of aliphatic hydroxyl groups is 1. The molecule has 2 atom stereocenters. The molecule has 4 heteroatoms. The summed E-state index contributed by atoms with van der Waals surface area (Å²) in [6.45, 7) is 5.86. The van der Waals surface area contributed by atoms with Gasteiger partial charge in [0, 0.05) is 12.6 Å². The molecule has 0 fully saturated rings. The zero-order valence-electron chi connectivity index (χ0n) is 11.8. The Morgan fingerprint density at radius 3 is 2.47 bits per heavy atom. The van der Waals surface area contributed by atoms with Crippen molar-refractivity contribution in [3.05, 3.63) is 29.8 Å². The zero-order valence-corrected chi connectivity index (χ0v) is 11.8. The van der Waals surface area contributed by atoms with Gasteiger partial charge in [0.15, 0.2) is 6.10 Å². The van der Waals surface area contributed by atoms with Crippen molar-refractivity contribution in [3.63, 3.8) is 0 Å². The number of hydrogen-bond donors (Lipinski definition) is 2. The Bertz CT molecular complexity index is 389. The molecule has 1 aromatic rings. The van der Waals surface area contributed by atoms with E-state index in [1.165, 1.54) is 0 Å². The molecule has 0 saturated carbocycles. The minimum Gasteiger partial charge on any atom is -0.481 e. The van der Waals surface area contributed by atoms with Crippen molar-refractivity contribution in [1.29, 1.82) is 0 Å². The van der Waals surface area contributed by atoms with E-state index in [4.69, 9.17) is 9.84 Å². The van der Waals surface area contributed by atoms with Crippen LogP contribution in [-0.4, -0.2) is 29.8 Å². The lowest BCUT2D eigenvalue weighted by atomic mass is 10.1. The SMILES string of the molecule is CCC(C)NC(=O)C(C)Oc1ccc(CCO)cc1. The second-order valence-electron chi connectivity index (χ2n) is 4.70. The third-order valence-electron chi connectivity index (χ3n) is 3.01. The predicted molar refractivity (Wildman–Crippen MR) is 75.2 cm³/mol. The normalized spacial score (nSPS) is 13.7. The number of ether oxygens (including phenoxy) is 1. The van der Waals surface area contributed by atoms with E-state index < -0.39 is 6.10 Å². The summed E-state index contributed by atoms with van der Waals surface area (Å²) in [6.07, 6.45) is 1.01. The summed E-state index contributed by atoms with van der Waals surface area (Å²) in [5, 5.41) is 11.7. The van der Waals surface area contributed by atoms with E-state index in [9.17, 15) is 4.79 Å². The van der Waals surface area contributed by atoms with Gasteiger partial charge in [0.05, 0.1) is 0 Å². The molecule has 19 heavy (non-hydrogen) atoms. The maximum Gasteiger partial charge on any atom is 0.260 e. The molecule has 0 radical (unpaired) electrons. The number of rotatable bonds is 7. The predicted octanol–water partition coefficient (Wildman–Crippen LogP) is 1.90. The van der Waals surface area contributed by atoms with Crippen LogP contribution in [0.5, 0.6) is 5.75 Å². The summed E-state index contributed by atoms with van der Waals surface area (Å²) in [4.78, 5) is 11.8. The number of aliphatic hydroxyl groups excluding tert-OH is 1. The smallest absolute Gasteiger partial charge is 0.260 e. The average Bonchev–Trinajstić information content (AvgIpc) is 2.41. The highest BCUT2D eigenvalue weighted by Gasteiger charge is 2.15. The molecule has 0 aliphatic heterocycles. The number of carbonyl (C=O) groups is 1. The quantitative estimate of drug-likeness (QED) is 0.791. The maximum absolute atomic E-state index is 11.8. The fourth-order valence-electron chi connectivity index (χ4n) is 1.58. The van der Waals surface area contributed by atoms with Gasteiger partial charge in [-0.25, -0.2) is 0 Å². The molecule has 4 nitrogen and oxygen atoms in total. The molecule has 0 aliphatic carbocycles. The van der Waals surface area contributed by atoms with Crippen LogP contribution in [0.2, 0.25) is 0 Å². The van der Waals surface area contributed by atoms with Crippen molar-refractivity contribution >= 4 is 5.91 Å². The maximum atomic E-state index is 11.8. The van der Waals surface area contributed by atoms with Crippen molar-refractivity contribution in [2.45, 2.75) is 45.8 Å². The van der Waals surface area contributed by atoms with E-state index in [-0.39, 0.29) is 18.6 Å². The van der Waals surface area contributed by atoms with E-state index in [2.05, 4.69) is 5.32 Å². The van der Waals surface area contributed by atoms with Crippen molar-refractivity contribution in [2.24, 2.45) is 0 Å². The van der Waals surface area contributed by atoms with Crippen LogP contribution in [-0.2, 0) is 11.2 Å². The van der Waals surface area contributed by atoms with Crippen molar-refractivity contribution < 1.29 is 14.6 Å². The molecule has 0 spiro atoms. The van der Waals surface area contributed by atoms with Crippen LogP contribution in [0.1, 0.15) is 32.8 Å². The van der Waals surface area contributed by atoms with Gasteiger partial charge < -0.3 is 15.2 Å². The summed E-state index contributed by atoms with van der Waals surface area (Å²) >= 11 is 0. The van der Waals surface area contributed by atoms with Gasteiger partial charge in [0.1, 0.15) is 5.75 Å². The van der Waals surface area contributed by atoms with Crippen molar-refractivity contribution in [1.82, 2.24) is 5.32 Å². The van der Waals surface area contributed by atoms with Gasteiger partial charge in [0.2, 0.25) is 0 Å². The van der Waals surface area contributed by atoms with Crippen LogP contribution in [0.4, 0.5) is 0 Å². The fraction of sp³-hybridized carbons (Fsp3) is 0.533. The molecule has 0 aliphatic rings. The lowest BCUT2D eigenvalue weighted by molar-refractivity contribution is -0.127. The first-order valence-corrected chi connectivity index (χ1v) is 6.73. The molecule has 106 valence electrons. The number of nitrogens with one attached hydrogen (secondary N) is 1. The third kappa shape index (κ3) is 5.30. The van der Waals surface area contributed by atoms with Crippen LogP contribution in [0.25, 0.3) is 0 Å². The fourth-order valence-corrected chi connectivity index (χ4v) is 1.58. The highest BCUT2D eigenvalue weighted by Crippen LogP contribution is 2.14. The molecular weight excluding hydrogens is 242 g/mol. The molecule has 0 saturated heterocycles. The van der Waals surface area contributed by atoms with Gasteiger partial charge in [-0.1, -0.05) is 19.1 Å². The second-order valence-corrected chi connectivity index (χ2v) is 4.70. The Labute approximate surface area is 114 Å². The van der Waals surface area contributed by atoms with Crippen LogP contribution in [0.15, 0.2) is 24.3 Å². The molecular formula is C15H23NO3. The third-order valence-corrected chi connectivity index (χ3v) is 3.01. The average molecular weight is 265 g/mol. The molecule has 0 aromatic heterocycles. The Kier molecular flexibility index (Phi) is 6.36. The summed E-state index contributed by atoms with van der Waals surface area (Å²) in [7, 11) is 0. The summed E-state index contributed by atoms with van der Waals surface area (Å²) in [5.41, 5.74) is 1.05. The topological polar surface area (TPSA) is 58.6 Å². The van der Waals surface area contributed by atoms with Crippen LogP contribution in [0.3, 0.4) is 0 Å². The standard InChI is InChI=1S/C15H23NO3/c1-4-11(2)16-15(18)12(3)19-14-7-5-13(6-8-14)9-10-17/h5-8,11-12,17H,4,9-10H2,1-3H3,(H,16,18). The Morgan fingerprint density at radius 1 is 1.32 bits per heavy atom. The van der Waals surface area contributed by atoms with E-state index >= 15 is 0 Å². The van der Waals surface area contributed by atoms with Gasteiger partial charge in [-0.3, -0.25) is 4.79 Å². The van der Waals surface area contributed by atoms with Gasteiger partial charge in [0.25, 0.3) is 5.91 Å². The number of hydrogen-bond acceptors (Lipinski definition) is 3. The largest absolute Gasteiger partial charge is 0.481 e. The number of carbonyl (C=O) groups excluding carboxylic acids is 1. The first kappa shape index (κ1) is 15.5. The minimum atomic E-state index is -0.516. The van der Waals surface area contributed by atoms with E-state index in [1.54, 1.807) is 6.92 Å². The van der Waals surface area contributed by atoms with Crippen LogP contribution < -0.4 is 10.1 Å². The number of benzene rings is 1. The van der Waals surface area contributed by atoms with E-state index in [0.717, 1.165) is 12.0 Å². The lowest BCUT2D eigenvalue weighted by Gasteiger charge is -2.17. The van der Waals surface area contributed by atoms with E-state index in [0.29, 0.717) is 12.2 Å². The Morgan fingerprint density at radius 2 is 1.95 bits per heavy atom. The lowest BCUT2D eigenvalue weighted by Crippen LogP contribution is -2.40. The molecule has 1 aromatic carbocycles. The van der Waals surface area contributed by atoms with E-state index in [1.807, 2.05) is 38.1 Å². The Balaban J connectivity index is 2.51. The van der Waals surface area contributed by atoms with Gasteiger partial charge in [-0.15, -0.1) is 0 Å². The van der Waals surface area contributed by atoms with Gasteiger partial charge in [-0.05, 0) is 44.4 Å². The first-order chi connectivity index (χ1) is 9.06. The highest BCUT2D eigenvalue weighted by atomic mass is 16.5. The van der Waals surface area contributed by atoms with Gasteiger partial charge in [-0.2, -0.15) is 0 Å². The summed E-state index contributed by atoms with van der Waals surface area (Å²) < 4.78 is 5.58. The first-order valence-electron chi connectivity index (χ1n) is 6.73. The van der Waals surface area contributed by atoms with Crippen LogP contribution in [0, 0.1) is 0 Å². The second kappa shape index (κ2) is 7.79. The summed E-state index contributed by atoms with van der Waals surface area (Å²) in [6, 6.07) is 7.58. The minimum absolute atomic E-state index is 0.103. The summed E-state index contributed by atoms with van der Waals surface area (Å²) in [5.74, 6) is 0.558. The van der Waals surface area contributed by atoms with Crippen molar-refractivity contribution in [2.75, 3.05) is 6.61 Å². The molecule has 1 amide bonds. The Hall–Kier alpha value is -1.55. The number of amides is 1. The van der Waals surface area contributed by atoms with Gasteiger partial charge >= 0.3 is 0 Å². The van der Waals surface area contributed by atoms with Crippen LogP contribution >= 0.6 is 0 Å². The molecule has 2 N–H and O–H groups in total. The monoisotopic (exact) mass is 265 g/mol. The zero-order chi connectivity index (χ0) is 14.3.